The minimum Gasteiger partial charge on any atom is -0.487 e. The van der Waals surface area contributed by atoms with E-state index >= 15 is 0 Å². The molecule has 0 radical (unpaired) electrons. The number of benzene rings is 1. The molecule has 0 aliphatic heterocycles. The predicted octanol–water partition coefficient (Wildman–Crippen LogP) is 2.01. The summed E-state index contributed by atoms with van der Waals surface area (Å²) in [7, 11) is 0. The van der Waals surface area contributed by atoms with Crippen molar-refractivity contribution in [3.8, 4) is 5.75 Å². The zero-order chi connectivity index (χ0) is 18.2. The number of nitrogens with one attached hydrogen (secondary N) is 1. The van der Waals surface area contributed by atoms with Crippen molar-refractivity contribution in [2.45, 2.75) is 38.7 Å². The molecular weight excluding hydrogens is 327 g/mol. The molecule has 0 saturated heterocycles. The molecule has 6 nitrogen and oxygen atoms in total. The second-order valence-corrected chi connectivity index (χ2v) is 6.03. The molecule has 1 amide bonds. The summed E-state index contributed by atoms with van der Waals surface area (Å²) in [6.07, 6.45) is 2.54. The van der Waals surface area contributed by atoms with Crippen molar-refractivity contribution in [3.05, 3.63) is 29.6 Å². The molecule has 1 aromatic rings. The maximum absolute atomic E-state index is 14.2. The van der Waals surface area contributed by atoms with Crippen LogP contribution in [0, 0.1) is 11.7 Å². The van der Waals surface area contributed by atoms with Crippen LogP contribution in [-0.4, -0.2) is 37.7 Å². The average Bonchev–Trinajstić information content (AvgIpc) is 2.62. The number of ether oxygens (including phenoxy) is 2. The monoisotopic (exact) mass is 352 g/mol. The molecule has 0 spiro atoms. The number of amides is 1. The summed E-state index contributed by atoms with van der Waals surface area (Å²) in [4.78, 5) is 23.5. The Hall–Kier alpha value is -2.15. The van der Waals surface area contributed by atoms with Gasteiger partial charge in [-0.15, -0.1) is 0 Å². The third-order valence-electron chi connectivity index (χ3n) is 4.21. The van der Waals surface area contributed by atoms with Gasteiger partial charge in [-0.3, -0.25) is 9.59 Å². The minimum absolute atomic E-state index is 0.0988. The van der Waals surface area contributed by atoms with E-state index < -0.39 is 5.82 Å². The van der Waals surface area contributed by atoms with Crippen LogP contribution in [0.15, 0.2) is 18.2 Å². The highest BCUT2D eigenvalue weighted by Gasteiger charge is 2.28. The van der Waals surface area contributed by atoms with Gasteiger partial charge in [0, 0.05) is 18.7 Å². The zero-order valence-electron chi connectivity index (χ0n) is 14.4. The molecular formula is C18H25FN2O4. The predicted molar refractivity (Wildman–Crippen MR) is 90.8 cm³/mol. The number of hydrogen-bond donors (Lipinski definition) is 2. The molecule has 138 valence electrons. The fourth-order valence-electron chi connectivity index (χ4n) is 2.88. The number of esters is 1. The van der Waals surface area contributed by atoms with Crippen molar-refractivity contribution in [1.82, 2.24) is 5.32 Å². The normalized spacial score (nSPS) is 20.0. The molecule has 1 aliphatic carbocycles. The number of hydrogen-bond acceptors (Lipinski definition) is 5. The van der Waals surface area contributed by atoms with Crippen LogP contribution in [-0.2, 0) is 9.53 Å². The van der Waals surface area contributed by atoms with Gasteiger partial charge in [0.1, 0.15) is 0 Å². The Morgan fingerprint density at radius 1 is 1.28 bits per heavy atom. The first-order valence-corrected chi connectivity index (χ1v) is 8.66. The van der Waals surface area contributed by atoms with E-state index in [2.05, 4.69) is 5.32 Å². The maximum Gasteiger partial charge on any atom is 0.308 e. The van der Waals surface area contributed by atoms with E-state index in [1.54, 1.807) is 6.92 Å². The first-order chi connectivity index (χ1) is 12.0. The Kier molecular flexibility index (Phi) is 7.18. The average molecular weight is 352 g/mol. The highest BCUT2D eigenvalue weighted by molar-refractivity contribution is 5.94. The zero-order valence-corrected chi connectivity index (χ0v) is 14.4. The molecule has 0 aromatic heterocycles. The number of halogens is 1. The second kappa shape index (κ2) is 9.36. The number of rotatable bonds is 7. The van der Waals surface area contributed by atoms with E-state index in [0.29, 0.717) is 45.4 Å². The first-order valence-electron chi connectivity index (χ1n) is 8.66. The smallest absolute Gasteiger partial charge is 0.308 e. The van der Waals surface area contributed by atoms with Gasteiger partial charge in [0.2, 0.25) is 0 Å². The largest absolute Gasteiger partial charge is 0.487 e. The van der Waals surface area contributed by atoms with Crippen molar-refractivity contribution in [1.29, 1.82) is 0 Å². The summed E-state index contributed by atoms with van der Waals surface area (Å²) in [5, 5.41) is 2.59. The Balaban J connectivity index is 1.89. The van der Waals surface area contributed by atoms with E-state index in [1.807, 2.05) is 0 Å². The van der Waals surface area contributed by atoms with Crippen LogP contribution in [0.1, 0.15) is 43.0 Å². The lowest BCUT2D eigenvalue weighted by Crippen LogP contribution is -2.30. The van der Waals surface area contributed by atoms with Gasteiger partial charge in [0.25, 0.3) is 5.91 Å². The SMILES string of the molecule is CCOC(=O)C1CCC(Oc2ccc(C(=O)NCCN)cc2F)CC1. The maximum atomic E-state index is 14.2. The van der Waals surface area contributed by atoms with E-state index in [9.17, 15) is 14.0 Å². The Morgan fingerprint density at radius 3 is 2.60 bits per heavy atom. The Bertz CT molecular complexity index is 601. The van der Waals surface area contributed by atoms with Crippen LogP contribution in [0.4, 0.5) is 4.39 Å². The summed E-state index contributed by atoms with van der Waals surface area (Å²) in [6, 6.07) is 4.14. The molecule has 0 unspecified atom stereocenters. The Labute approximate surface area is 146 Å². The van der Waals surface area contributed by atoms with Crippen molar-refractivity contribution >= 4 is 11.9 Å². The number of carbonyl (C=O) groups excluding carboxylic acids is 2. The molecule has 0 bridgehead atoms. The molecule has 1 aliphatic rings. The van der Waals surface area contributed by atoms with Gasteiger partial charge in [-0.05, 0) is 50.8 Å². The summed E-state index contributed by atoms with van der Waals surface area (Å²) in [6.45, 7) is 2.83. The van der Waals surface area contributed by atoms with Crippen molar-refractivity contribution in [2.75, 3.05) is 19.7 Å². The van der Waals surface area contributed by atoms with Crippen molar-refractivity contribution in [2.24, 2.45) is 11.7 Å². The van der Waals surface area contributed by atoms with Crippen LogP contribution >= 0.6 is 0 Å². The summed E-state index contributed by atoms with van der Waals surface area (Å²) in [5.74, 6) is -1.09. The quantitative estimate of drug-likeness (QED) is 0.733. The molecule has 1 saturated carbocycles. The van der Waals surface area contributed by atoms with Gasteiger partial charge < -0.3 is 20.5 Å². The van der Waals surface area contributed by atoms with Crippen LogP contribution in [0.5, 0.6) is 5.75 Å². The van der Waals surface area contributed by atoms with Gasteiger partial charge in [0.05, 0.1) is 18.6 Å². The van der Waals surface area contributed by atoms with Gasteiger partial charge >= 0.3 is 5.97 Å². The lowest BCUT2D eigenvalue weighted by Gasteiger charge is -2.27. The Morgan fingerprint density at radius 2 is 2.00 bits per heavy atom. The highest BCUT2D eigenvalue weighted by atomic mass is 19.1. The van der Waals surface area contributed by atoms with Crippen LogP contribution < -0.4 is 15.8 Å². The molecule has 3 N–H and O–H groups in total. The van der Waals surface area contributed by atoms with Gasteiger partial charge in [-0.25, -0.2) is 4.39 Å². The van der Waals surface area contributed by atoms with E-state index in [-0.39, 0.29) is 35.2 Å². The van der Waals surface area contributed by atoms with E-state index in [0.717, 1.165) is 6.07 Å². The third kappa shape index (κ3) is 5.42. The molecule has 0 heterocycles. The summed E-state index contributed by atoms with van der Waals surface area (Å²) < 4.78 is 24.9. The minimum atomic E-state index is -0.576. The molecule has 0 atom stereocenters. The van der Waals surface area contributed by atoms with Crippen molar-refractivity contribution in [3.63, 3.8) is 0 Å². The van der Waals surface area contributed by atoms with Gasteiger partial charge in [-0.2, -0.15) is 0 Å². The van der Waals surface area contributed by atoms with Gasteiger partial charge in [-0.1, -0.05) is 0 Å². The molecule has 1 fully saturated rings. The second-order valence-electron chi connectivity index (χ2n) is 6.03. The summed E-state index contributed by atoms with van der Waals surface area (Å²) >= 11 is 0. The topological polar surface area (TPSA) is 90.6 Å². The molecule has 7 heteroatoms. The molecule has 25 heavy (non-hydrogen) atoms. The third-order valence-corrected chi connectivity index (χ3v) is 4.21. The number of nitrogens with two attached hydrogens (primary N) is 1. The summed E-state index contributed by atoms with van der Waals surface area (Å²) in [5.41, 5.74) is 5.55. The highest BCUT2D eigenvalue weighted by Crippen LogP contribution is 2.29. The lowest BCUT2D eigenvalue weighted by atomic mass is 9.87. The lowest BCUT2D eigenvalue weighted by molar-refractivity contribution is -0.149. The van der Waals surface area contributed by atoms with E-state index in [1.165, 1.54) is 12.1 Å². The molecule has 1 aromatic carbocycles. The number of carbonyl (C=O) groups is 2. The van der Waals surface area contributed by atoms with Gasteiger partial charge in [0.15, 0.2) is 11.6 Å². The standard InChI is InChI=1S/C18H25FN2O4/c1-2-24-18(23)12-3-6-14(7-4-12)25-16-8-5-13(11-15(16)19)17(22)21-10-9-20/h5,8,11-12,14H,2-4,6-7,9-10,20H2,1H3,(H,21,22). The fraction of sp³-hybridized carbons (Fsp3) is 0.556. The van der Waals surface area contributed by atoms with Crippen LogP contribution in [0.2, 0.25) is 0 Å². The molecule has 2 rings (SSSR count). The van der Waals surface area contributed by atoms with Crippen LogP contribution in [0.25, 0.3) is 0 Å². The first kappa shape index (κ1) is 19.2. The fourth-order valence-corrected chi connectivity index (χ4v) is 2.88. The van der Waals surface area contributed by atoms with E-state index in [4.69, 9.17) is 15.2 Å². The van der Waals surface area contributed by atoms with Crippen LogP contribution in [0.3, 0.4) is 0 Å². The van der Waals surface area contributed by atoms with Crippen molar-refractivity contribution < 1.29 is 23.5 Å².